The minimum absolute atomic E-state index is 0.00671. The van der Waals surface area contributed by atoms with Crippen LogP contribution in [0.5, 0.6) is 5.75 Å². The highest BCUT2D eigenvalue weighted by Gasteiger charge is 2.35. The van der Waals surface area contributed by atoms with Crippen LogP contribution < -0.4 is 15.4 Å². The van der Waals surface area contributed by atoms with Gasteiger partial charge in [-0.3, -0.25) is 0 Å². The zero-order valence-corrected chi connectivity index (χ0v) is 18.4. The number of sulfone groups is 1. The van der Waals surface area contributed by atoms with Crippen LogP contribution in [0.2, 0.25) is 5.02 Å². The Balaban J connectivity index is 2.10. The average molecular weight is 465 g/mol. The van der Waals surface area contributed by atoms with Gasteiger partial charge < -0.3 is 20.1 Å². The first-order chi connectivity index (χ1) is 14.7. The molecule has 0 saturated heterocycles. The first-order valence-corrected chi connectivity index (χ1v) is 11.4. The van der Waals surface area contributed by atoms with E-state index in [1.165, 1.54) is 31.4 Å². The molecule has 8 nitrogen and oxygen atoms in total. The molecule has 2 amide bonds. The van der Waals surface area contributed by atoms with Crippen LogP contribution in [-0.4, -0.2) is 39.9 Å². The van der Waals surface area contributed by atoms with Crippen molar-refractivity contribution in [2.24, 2.45) is 0 Å². The van der Waals surface area contributed by atoms with E-state index in [1.807, 2.05) is 0 Å². The summed E-state index contributed by atoms with van der Waals surface area (Å²) in [6, 6.07) is 10.9. The highest BCUT2D eigenvalue weighted by atomic mass is 35.5. The number of hydrogen-bond donors (Lipinski definition) is 2. The smallest absolute Gasteiger partial charge is 0.338 e. The maximum absolute atomic E-state index is 13.0. The largest absolute Gasteiger partial charge is 0.497 e. The second kappa shape index (κ2) is 9.40. The van der Waals surface area contributed by atoms with Crippen LogP contribution in [0.4, 0.5) is 4.79 Å². The second-order valence-corrected chi connectivity index (χ2v) is 9.06. The van der Waals surface area contributed by atoms with Gasteiger partial charge in [0.25, 0.3) is 0 Å². The Morgan fingerprint density at radius 3 is 2.52 bits per heavy atom. The number of esters is 1. The van der Waals surface area contributed by atoms with Crippen molar-refractivity contribution in [3.05, 3.63) is 70.4 Å². The third-order valence-corrected chi connectivity index (χ3v) is 6.49. The predicted molar refractivity (Wildman–Crippen MR) is 115 cm³/mol. The maximum Gasteiger partial charge on any atom is 0.338 e. The average Bonchev–Trinajstić information content (AvgIpc) is 2.73. The van der Waals surface area contributed by atoms with Crippen LogP contribution in [0.3, 0.4) is 0 Å². The van der Waals surface area contributed by atoms with Crippen LogP contribution in [0, 0.1) is 0 Å². The van der Waals surface area contributed by atoms with Crippen molar-refractivity contribution in [2.75, 3.05) is 19.5 Å². The molecule has 2 aromatic rings. The summed E-state index contributed by atoms with van der Waals surface area (Å²) < 4.78 is 36.3. The fraction of sp³-hybridized carbons (Fsp3) is 0.238. The van der Waals surface area contributed by atoms with Crippen molar-refractivity contribution in [1.82, 2.24) is 10.6 Å². The zero-order chi connectivity index (χ0) is 22.6. The maximum atomic E-state index is 13.0. The van der Waals surface area contributed by atoms with E-state index in [-0.39, 0.29) is 22.8 Å². The molecule has 1 heterocycles. The van der Waals surface area contributed by atoms with Crippen molar-refractivity contribution in [3.63, 3.8) is 0 Å². The second-order valence-electron chi connectivity index (χ2n) is 6.63. The number of carbonyl (C=O) groups excluding carboxylic acids is 2. The van der Waals surface area contributed by atoms with Crippen LogP contribution in [-0.2, 0) is 19.4 Å². The molecule has 0 fully saturated rings. The number of nitrogens with one attached hydrogen (secondary N) is 2. The SMILES string of the molecule is CCOC(=O)C1=C(CS(=O)(=O)c2ccc(Cl)cc2)NC(=O)N[C@H]1c1cccc(OC)c1. The third-order valence-electron chi connectivity index (χ3n) is 4.58. The predicted octanol–water partition coefficient (Wildman–Crippen LogP) is 2.99. The van der Waals surface area contributed by atoms with E-state index in [1.54, 1.807) is 31.2 Å². The first kappa shape index (κ1) is 22.6. The lowest BCUT2D eigenvalue weighted by atomic mass is 9.95. The van der Waals surface area contributed by atoms with Gasteiger partial charge in [0, 0.05) is 10.7 Å². The normalized spacial score (nSPS) is 16.4. The summed E-state index contributed by atoms with van der Waals surface area (Å²) in [4.78, 5) is 25.2. The van der Waals surface area contributed by atoms with Gasteiger partial charge in [-0.2, -0.15) is 0 Å². The molecule has 3 rings (SSSR count). The fourth-order valence-electron chi connectivity index (χ4n) is 3.17. The monoisotopic (exact) mass is 464 g/mol. The molecule has 0 bridgehead atoms. The lowest BCUT2D eigenvalue weighted by Crippen LogP contribution is -2.47. The molecule has 0 saturated carbocycles. The van der Waals surface area contributed by atoms with E-state index in [2.05, 4.69) is 10.6 Å². The first-order valence-electron chi connectivity index (χ1n) is 9.35. The minimum atomic E-state index is -3.89. The fourth-order valence-corrected chi connectivity index (χ4v) is 4.62. The molecule has 164 valence electrons. The van der Waals surface area contributed by atoms with E-state index in [0.29, 0.717) is 16.3 Å². The van der Waals surface area contributed by atoms with Gasteiger partial charge in [0.05, 0.1) is 36.0 Å². The molecule has 1 aliphatic rings. The molecule has 0 radical (unpaired) electrons. The topological polar surface area (TPSA) is 111 Å². The molecule has 31 heavy (non-hydrogen) atoms. The Hall–Kier alpha value is -3.04. The summed E-state index contributed by atoms with van der Waals surface area (Å²) in [7, 11) is -2.40. The van der Waals surface area contributed by atoms with Crippen molar-refractivity contribution in [2.45, 2.75) is 17.9 Å². The van der Waals surface area contributed by atoms with Gasteiger partial charge in [-0.15, -0.1) is 0 Å². The quantitative estimate of drug-likeness (QED) is 0.609. The van der Waals surface area contributed by atoms with E-state index in [4.69, 9.17) is 21.1 Å². The number of urea groups is 1. The van der Waals surface area contributed by atoms with E-state index in [0.717, 1.165) is 0 Å². The van der Waals surface area contributed by atoms with Gasteiger partial charge in [0.15, 0.2) is 9.84 Å². The van der Waals surface area contributed by atoms with Crippen LogP contribution in [0.15, 0.2) is 64.7 Å². The number of amides is 2. The highest BCUT2D eigenvalue weighted by Crippen LogP contribution is 2.31. The summed E-state index contributed by atoms with van der Waals surface area (Å²) in [5.74, 6) is -0.815. The molecule has 10 heteroatoms. The van der Waals surface area contributed by atoms with Crippen LogP contribution in [0.25, 0.3) is 0 Å². The van der Waals surface area contributed by atoms with Gasteiger partial charge in [-0.1, -0.05) is 23.7 Å². The van der Waals surface area contributed by atoms with E-state index < -0.39 is 33.6 Å². The number of ether oxygens (including phenoxy) is 2. The molecule has 1 aliphatic heterocycles. The van der Waals surface area contributed by atoms with Crippen molar-refractivity contribution >= 4 is 33.4 Å². The van der Waals surface area contributed by atoms with Gasteiger partial charge in [0.2, 0.25) is 0 Å². The summed E-state index contributed by atoms with van der Waals surface area (Å²) in [6.07, 6.45) is 0. The highest BCUT2D eigenvalue weighted by molar-refractivity contribution is 7.91. The summed E-state index contributed by atoms with van der Waals surface area (Å²) in [5.41, 5.74) is 0.496. The number of methoxy groups -OCH3 is 1. The Labute approximate surface area is 185 Å². The van der Waals surface area contributed by atoms with Gasteiger partial charge in [-0.25, -0.2) is 18.0 Å². The molecule has 1 atom stereocenters. The molecule has 0 aromatic heterocycles. The van der Waals surface area contributed by atoms with Crippen molar-refractivity contribution < 1.29 is 27.5 Å². The number of halogens is 1. The molecular formula is C21H21ClN2O6S. The molecule has 0 aliphatic carbocycles. The van der Waals surface area contributed by atoms with Gasteiger partial charge in [0.1, 0.15) is 5.75 Å². The molecule has 0 unspecified atom stereocenters. The number of rotatable bonds is 7. The Kier molecular flexibility index (Phi) is 6.87. The third kappa shape index (κ3) is 5.18. The number of carbonyl (C=O) groups is 2. The molecule has 0 spiro atoms. The van der Waals surface area contributed by atoms with E-state index >= 15 is 0 Å². The summed E-state index contributed by atoms with van der Waals surface area (Å²) >= 11 is 5.84. The Morgan fingerprint density at radius 2 is 1.87 bits per heavy atom. The zero-order valence-electron chi connectivity index (χ0n) is 16.8. The summed E-state index contributed by atoms with van der Waals surface area (Å²) in [6.45, 7) is 1.72. The van der Waals surface area contributed by atoms with Crippen molar-refractivity contribution in [3.8, 4) is 5.75 Å². The van der Waals surface area contributed by atoms with Crippen LogP contribution >= 0.6 is 11.6 Å². The van der Waals surface area contributed by atoms with E-state index in [9.17, 15) is 18.0 Å². The Morgan fingerprint density at radius 1 is 1.16 bits per heavy atom. The van der Waals surface area contributed by atoms with Crippen LogP contribution in [0.1, 0.15) is 18.5 Å². The molecular weight excluding hydrogens is 444 g/mol. The molecule has 2 N–H and O–H groups in total. The summed E-state index contributed by atoms with van der Waals surface area (Å²) in [5, 5.41) is 5.51. The number of benzene rings is 2. The van der Waals surface area contributed by atoms with Crippen molar-refractivity contribution in [1.29, 1.82) is 0 Å². The molecule has 2 aromatic carbocycles. The Bertz CT molecular complexity index is 1130. The standard InChI is InChI=1S/C21H21ClN2O6S/c1-3-30-20(25)18-17(12-31(27,28)16-9-7-14(22)8-10-16)23-21(26)24-19(18)13-5-4-6-15(11-13)29-2/h4-11,19H,3,12H2,1-2H3,(H2,23,24,26)/t19-/m0/s1. The van der Waals surface area contributed by atoms with Gasteiger partial charge in [-0.05, 0) is 48.9 Å². The van der Waals surface area contributed by atoms with Gasteiger partial charge >= 0.3 is 12.0 Å². The lowest BCUT2D eigenvalue weighted by molar-refractivity contribution is -0.139. The lowest BCUT2D eigenvalue weighted by Gasteiger charge is -2.29. The number of hydrogen-bond acceptors (Lipinski definition) is 6. The minimum Gasteiger partial charge on any atom is -0.497 e.